The lowest BCUT2D eigenvalue weighted by Crippen LogP contribution is -2.29. The summed E-state index contributed by atoms with van der Waals surface area (Å²) in [5.41, 5.74) is 1.72. The smallest absolute Gasteiger partial charge is 0.301 e. The van der Waals surface area contributed by atoms with Gasteiger partial charge in [0.2, 0.25) is 0 Å². The van der Waals surface area contributed by atoms with Crippen molar-refractivity contribution in [3.05, 3.63) is 83.7 Å². The Morgan fingerprint density at radius 2 is 1.76 bits per heavy atom. The van der Waals surface area contributed by atoms with Crippen LogP contribution in [0.15, 0.2) is 72.6 Å². The minimum atomic E-state index is -0.875. The van der Waals surface area contributed by atoms with Gasteiger partial charge >= 0.3 is 5.91 Å². The molecule has 1 N–H and O–H groups in total. The molecule has 0 radical (unpaired) electrons. The van der Waals surface area contributed by atoms with Crippen LogP contribution in [0, 0.1) is 0 Å². The highest BCUT2D eigenvalue weighted by atomic mass is 32.1. The van der Waals surface area contributed by atoms with Gasteiger partial charge in [-0.2, -0.15) is 0 Å². The monoisotopic (exact) mass is 529 g/mol. The van der Waals surface area contributed by atoms with Gasteiger partial charge in [-0.05, 0) is 54.4 Å². The van der Waals surface area contributed by atoms with Crippen molar-refractivity contribution in [2.75, 3.05) is 18.6 Å². The number of carbonyl (C=O) groups is 2. The number of amides is 1. The topological polar surface area (TPSA) is 102 Å². The molecular formula is C29H27N3O5S. The number of Topliss-reactive ketones (excluding diaryl/α,β-unsaturated/α-hetero) is 1. The highest BCUT2D eigenvalue weighted by molar-refractivity contribution is 7.22. The maximum atomic E-state index is 13.4. The van der Waals surface area contributed by atoms with E-state index in [1.165, 1.54) is 28.6 Å². The number of anilines is 1. The standard InChI is InChI=1S/C29H27N3O5S/c1-3-4-5-16-37-20-8-6-18(7-9-20)25-24(26(33)19-12-14-30-15-13-19)27(34)28(35)32(25)29-31-22-11-10-21(36-2)17-23(22)38-29/h6-15,17,25,33H,3-5,16H2,1-2H3. The third-order valence-corrected chi connectivity index (χ3v) is 7.42. The number of benzene rings is 2. The summed E-state index contributed by atoms with van der Waals surface area (Å²) in [4.78, 5) is 36.8. The van der Waals surface area contributed by atoms with E-state index in [9.17, 15) is 14.7 Å². The first kappa shape index (κ1) is 25.4. The van der Waals surface area contributed by atoms with Crippen LogP contribution in [0.2, 0.25) is 0 Å². The summed E-state index contributed by atoms with van der Waals surface area (Å²) in [5.74, 6) is -0.431. The van der Waals surface area contributed by atoms with Crippen molar-refractivity contribution >= 4 is 44.1 Å². The highest BCUT2D eigenvalue weighted by Crippen LogP contribution is 2.44. The number of thiazole rings is 1. The molecule has 1 atom stereocenters. The first-order valence-corrected chi connectivity index (χ1v) is 13.2. The molecule has 0 spiro atoms. The summed E-state index contributed by atoms with van der Waals surface area (Å²) in [6.45, 7) is 2.75. The van der Waals surface area contributed by atoms with E-state index in [0.29, 0.717) is 39.9 Å². The number of ether oxygens (including phenoxy) is 2. The minimum absolute atomic E-state index is 0.00495. The fourth-order valence-corrected chi connectivity index (χ4v) is 5.44. The van der Waals surface area contributed by atoms with Gasteiger partial charge in [0.1, 0.15) is 17.3 Å². The van der Waals surface area contributed by atoms with E-state index in [1.807, 2.05) is 30.3 Å². The Morgan fingerprint density at radius 3 is 2.47 bits per heavy atom. The van der Waals surface area contributed by atoms with Gasteiger partial charge < -0.3 is 14.6 Å². The van der Waals surface area contributed by atoms with Gasteiger partial charge in [-0.1, -0.05) is 43.2 Å². The van der Waals surface area contributed by atoms with Crippen LogP contribution in [0.3, 0.4) is 0 Å². The zero-order chi connectivity index (χ0) is 26.6. The molecule has 1 aliphatic heterocycles. The van der Waals surface area contributed by atoms with Crippen LogP contribution in [0.5, 0.6) is 11.5 Å². The number of unbranched alkanes of at least 4 members (excludes halogenated alkanes) is 2. The second-order valence-corrected chi connectivity index (χ2v) is 9.87. The third kappa shape index (κ3) is 4.84. The van der Waals surface area contributed by atoms with Crippen molar-refractivity contribution in [2.24, 2.45) is 0 Å². The van der Waals surface area contributed by atoms with Crippen molar-refractivity contribution < 1.29 is 24.2 Å². The summed E-state index contributed by atoms with van der Waals surface area (Å²) in [7, 11) is 1.58. The highest BCUT2D eigenvalue weighted by Gasteiger charge is 2.48. The average molecular weight is 530 g/mol. The zero-order valence-corrected chi connectivity index (χ0v) is 21.9. The van der Waals surface area contributed by atoms with Crippen molar-refractivity contribution in [3.63, 3.8) is 0 Å². The molecular weight excluding hydrogens is 502 g/mol. The molecule has 3 heterocycles. The van der Waals surface area contributed by atoms with Crippen LogP contribution < -0.4 is 14.4 Å². The van der Waals surface area contributed by atoms with E-state index in [0.717, 1.165) is 24.0 Å². The number of aromatic nitrogens is 2. The molecule has 0 aliphatic carbocycles. The number of methoxy groups -OCH3 is 1. The Hall–Kier alpha value is -4.24. The molecule has 38 heavy (non-hydrogen) atoms. The molecule has 1 saturated heterocycles. The van der Waals surface area contributed by atoms with Gasteiger partial charge in [-0.3, -0.25) is 19.5 Å². The molecule has 1 unspecified atom stereocenters. The predicted molar refractivity (Wildman–Crippen MR) is 147 cm³/mol. The molecule has 0 bridgehead atoms. The average Bonchev–Trinajstić information content (AvgIpc) is 3.49. The molecule has 5 rings (SSSR count). The van der Waals surface area contributed by atoms with Gasteiger partial charge in [-0.15, -0.1) is 0 Å². The SMILES string of the molecule is CCCCCOc1ccc(C2C(=C(O)c3ccncc3)C(=O)C(=O)N2c2nc3ccc(OC)cc3s2)cc1. The number of rotatable bonds is 9. The van der Waals surface area contributed by atoms with Gasteiger partial charge in [-0.25, -0.2) is 4.98 Å². The molecule has 1 fully saturated rings. The number of nitrogens with zero attached hydrogens (tertiary/aromatic N) is 3. The van der Waals surface area contributed by atoms with Crippen LogP contribution in [-0.2, 0) is 9.59 Å². The normalized spacial score (nSPS) is 16.8. The van der Waals surface area contributed by atoms with Gasteiger partial charge in [0.25, 0.3) is 5.78 Å². The molecule has 0 saturated carbocycles. The Labute approximate surface area is 224 Å². The summed E-state index contributed by atoms with van der Waals surface area (Å²) < 4.78 is 12.0. The molecule has 9 heteroatoms. The molecule has 1 aliphatic rings. The fourth-order valence-electron chi connectivity index (χ4n) is 4.42. The van der Waals surface area contributed by atoms with Crippen LogP contribution in [0.25, 0.3) is 16.0 Å². The Kier molecular flexibility index (Phi) is 7.37. The van der Waals surface area contributed by atoms with Crippen LogP contribution in [0.4, 0.5) is 5.13 Å². The van der Waals surface area contributed by atoms with E-state index in [-0.39, 0.29) is 11.3 Å². The molecule has 194 valence electrons. The molecule has 4 aromatic rings. The van der Waals surface area contributed by atoms with E-state index in [2.05, 4.69) is 16.9 Å². The number of carbonyl (C=O) groups excluding carboxylic acids is 2. The number of ketones is 1. The van der Waals surface area contributed by atoms with Gasteiger partial charge in [0.15, 0.2) is 5.13 Å². The third-order valence-electron chi connectivity index (χ3n) is 6.40. The lowest BCUT2D eigenvalue weighted by molar-refractivity contribution is -0.132. The number of hydrogen-bond acceptors (Lipinski definition) is 8. The lowest BCUT2D eigenvalue weighted by Gasteiger charge is -2.23. The van der Waals surface area contributed by atoms with E-state index in [1.54, 1.807) is 31.4 Å². The van der Waals surface area contributed by atoms with Crippen molar-refractivity contribution in [3.8, 4) is 11.5 Å². The summed E-state index contributed by atoms with van der Waals surface area (Å²) in [5, 5.41) is 11.6. The Morgan fingerprint density at radius 1 is 1.03 bits per heavy atom. The van der Waals surface area contributed by atoms with E-state index in [4.69, 9.17) is 9.47 Å². The van der Waals surface area contributed by atoms with E-state index < -0.39 is 17.7 Å². The quantitative estimate of drug-likeness (QED) is 0.125. The number of hydrogen-bond donors (Lipinski definition) is 1. The van der Waals surface area contributed by atoms with Crippen LogP contribution >= 0.6 is 11.3 Å². The Balaban J connectivity index is 1.59. The van der Waals surface area contributed by atoms with Crippen molar-refractivity contribution in [2.45, 2.75) is 32.2 Å². The molecule has 2 aromatic heterocycles. The summed E-state index contributed by atoms with van der Waals surface area (Å²) in [6, 6.07) is 15.0. The lowest BCUT2D eigenvalue weighted by atomic mass is 9.95. The first-order chi connectivity index (χ1) is 18.5. The van der Waals surface area contributed by atoms with E-state index >= 15 is 0 Å². The largest absolute Gasteiger partial charge is 0.507 e. The summed E-state index contributed by atoms with van der Waals surface area (Å²) >= 11 is 1.28. The molecule has 8 nitrogen and oxygen atoms in total. The molecule has 2 aromatic carbocycles. The van der Waals surface area contributed by atoms with Crippen molar-refractivity contribution in [1.82, 2.24) is 9.97 Å². The molecule has 1 amide bonds. The minimum Gasteiger partial charge on any atom is -0.507 e. The number of aliphatic hydroxyl groups is 1. The first-order valence-electron chi connectivity index (χ1n) is 12.4. The second-order valence-electron chi connectivity index (χ2n) is 8.86. The van der Waals surface area contributed by atoms with Gasteiger partial charge in [0.05, 0.1) is 35.5 Å². The second kappa shape index (κ2) is 11.0. The van der Waals surface area contributed by atoms with Crippen LogP contribution in [-0.4, -0.2) is 40.5 Å². The summed E-state index contributed by atoms with van der Waals surface area (Å²) in [6.07, 6.45) is 6.20. The van der Waals surface area contributed by atoms with Crippen molar-refractivity contribution in [1.29, 1.82) is 0 Å². The predicted octanol–water partition coefficient (Wildman–Crippen LogP) is 5.90. The van der Waals surface area contributed by atoms with Gasteiger partial charge in [0, 0.05) is 18.0 Å². The van der Waals surface area contributed by atoms with Crippen LogP contribution in [0.1, 0.15) is 43.4 Å². The number of aliphatic hydroxyl groups excluding tert-OH is 1. The fraction of sp³-hybridized carbons (Fsp3) is 0.241. The number of fused-ring (bicyclic) bond motifs is 1. The Bertz CT molecular complexity index is 1500. The zero-order valence-electron chi connectivity index (χ0n) is 21.1. The number of pyridine rings is 1. The maximum Gasteiger partial charge on any atom is 0.301 e. The maximum absolute atomic E-state index is 13.4.